The summed E-state index contributed by atoms with van der Waals surface area (Å²) in [6.45, 7) is 6.30. The minimum Gasteiger partial charge on any atom is -0.352 e. The largest absolute Gasteiger partial charge is 0.352 e. The van der Waals surface area contributed by atoms with E-state index in [0.29, 0.717) is 6.04 Å². The standard InChI is InChI=1S/C10H20N2O/c1-6-10(13)11-8-7-9(2)12(3,4)5/h6,9H,1,7-8H2,2-5H3/p+1. The van der Waals surface area contributed by atoms with Gasteiger partial charge in [0.1, 0.15) is 0 Å². The fourth-order valence-corrected chi connectivity index (χ4v) is 0.864. The van der Waals surface area contributed by atoms with Crippen molar-refractivity contribution in [3.8, 4) is 0 Å². The van der Waals surface area contributed by atoms with E-state index in [2.05, 4.69) is 40.0 Å². The molecule has 0 fully saturated rings. The topological polar surface area (TPSA) is 29.1 Å². The van der Waals surface area contributed by atoms with Crippen molar-refractivity contribution in [1.29, 1.82) is 0 Å². The van der Waals surface area contributed by atoms with Gasteiger partial charge < -0.3 is 9.80 Å². The van der Waals surface area contributed by atoms with E-state index in [9.17, 15) is 4.79 Å². The second-order valence-corrected chi connectivity index (χ2v) is 4.25. The van der Waals surface area contributed by atoms with Crippen LogP contribution in [0.15, 0.2) is 12.7 Å². The molecule has 3 heteroatoms. The number of rotatable bonds is 5. The van der Waals surface area contributed by atoms with Gasteiger partial charge in [-0.15, -0.1) is 0 Å². The van der Waals surface area contributed by atoms with Crippen molar-refractivity contribution in [1.82, 2.24) is 5.32 Å². The molecule has 0 aromatic carbocycles. The van der Waals surface area contributed by atoms with Crippen molar-refractivity contribution in [3.63, 3.8) is 0 Å². The molecule has 3 nitrogen and oxygen atoms in total. The molecule has 0 rings (SSSR count). The van der Waals surface area contributed by atoms with Gasteiger partial charge in [0.25, 0.3) is 0 Å². The first kappa shape index (κ1) is 12.2. The van der Waals surface area contributed by atoms with Crippen molar-refractivity contribution >= 4 is 5.91 Å². The summed E-state index contributed by atoms with van der Waals surface area (Å²) in [5.74, 6) is -0.0893. The zero-order valence-corrected chi connectivity index (χ0v) is 9.13. The lowest BCUT2D eigenvalue weighted by molar-refractivity contribution is -0.894. The number of hydrogen-bond acceptors (Lipinski definition) is 1. The molecule has 76 valence electrons. The summed E-state index contributed by atoms with van der Waals surface area (Å²) < 4.78 is 0.921. The first-order valence-electron chi connectivity index (χ1n) is 4.59. The first-order chi connectivity index (χ1) is 5.88. The summed E-state index contributed by atoms with van der Waals surface area (Å²) >= 11 is 0. The number of amides is 1. The maximum atomic E-state index is 10.8. The van der Waals surface area contributed by atoms with E-state index < -0.39 is 0 Å². The Kier molecular flexibility index (Phi) is 4.70. The molecule has 0 radical (unpaired) electrons. The van der Waals surface area contributed by atoms with Crippen LogP contribution in [0.5, 0.6) is 0 Å². The zero-order valence-electron chi connectivity index (χ0n) is 9.13. The van der Waals surface area contributed by atoms with Crippen molar-refractivity contribution in [2.45, 2.75) is 19.4 Å². The summed E-state index contributed by atoms with van der Waals surface area (Å²) in [6, 6.07) is 0.546. The van der Waals surface area contributed by atoms with Crippen LogP contribution >= 0.6 is 0 Å². The van der Waals surface area contributed by atoms with Crippen LogP contribution in [0.1, 0.15) is 13.3 Å². The number of quaternary nitrogens is 1. The maximum absolute atomic E-state index is 10.8. The Balaban J connectivity index is 3.65. The smallest absolute Gasteiger partial charge is 0.243 e. The summed E-state index contributed by atoms with van der Waals surface area (Å²) in [7, 11) is 6.46. The molecule has 0 heterocycles. The van der Waals surface area contributed by atoms with E-state index in [-0.39, 0.29) is 5.91 Å². The molecule has 1 amide bonds. The molecule has 0 saturated heterocycles. The van der Waals surface area contributed by atoms with Crippen molar-refractivity contribution in [2.24, 2.45) is 0 Å². The van der Waals surface area contributed by atoms with Gasteiger partial charge in [0.15, 0.2) is 0 Å². The lowest BCUT2D eigenvalue weighted by atomic mass is 10.2. The second-order valence-electron chi connectivity index (χ2n) is 4.25. The van der Waals surface area contributed by atoms with E-state index in [1.165, 1.54) is 6.08 Å². The predicted octanol–water partition coefficient (Wildman–Crippen LogP) is 0.773. The van der Waals surface area contributed by atoms with Gasteiger partial charge in [0.2, 0.25) is 5.91 Å². The van der Waals surface area contributed by atoms with Gasteiger partial charge in [-0.1, -0.05) is 6.58 Å². The van der Waals surface area contributed by atoms with E-state index in [4.69, 9.17) is 0 Å². The Morgan fingerprint density at radius 1 is 1.54 bits per heavy atom. The van der Waals surface area contributed by atoms with Crippen LogP contribution in [0, 0.1) is 0 Å². The van der Waals surface area contributed by atoms with Crippen LogP contribution in [0.3, 0.4) is 0 Å². The SMILES string of the molecule is C=CC(=O)NCCC(C)[N+](C)(C)C. The molecule has 0 aromatic heterocycles. The Hall–Kier alpha value is -0.830. The molecule has 1 atom stereocenters. The fourth-order valence-electron chi connectivity index (χ4n) is 0.864. The lowest BCUT2D eigenvalue weighted by Gasteiger charge is -2.31. The van der Waals surface area contributed by atoms with Gasteiger partial charge in [-0.05, 0) is 13.0 Å². The molecule has 0 spiro atoms. The van der Waals surface area contributed by atoms with Crippen LogP contribution < -0.4 is 5.32 Å². The molecule has 0 aliphatic rings. The van der Waals surface area contributed by atoms with Gasteiger partial charge in [0.05, 0.1) is 27.2 Å². The number of nitrogens with one attached hydrogen (secondary N) is 1. The van der Waals surface area contributed by atoms with E-state index in [1.54, 1.807) is 0 Å². The van der Waals surface area contributed by atoms with Crippen molar-refractivity contribution in [2.75, 3.05) is 27.7 Å². The van der Waals surface area contributed by atoms with Crippen LogP contribution in [0.2, 0.25) is 0 Å². The van der Waals surface area contributed by atoms with Gasteiger partial charge in [-0.25, -0.2) is 0 Å². The molecule has 0 aliphatic heterocycles. The summed E-state index contributed by atoms with van der Waals surface area (Å²) in [5.41, 5.74) is 0. The van der Waals surface area contributed by atoms with Crippen LogP contribution in [-0.2, 0) is 4.79 Å². The molecular weight excluding hydrogens is 164 g/mol. The summed E-state index contributed by atoms with van der Waals surface area (Å²) in [5, 5.41) is 2.77. The second kappa shape index (κ2) is 5.02. The van der Waals surface area contributed by atoms with Crippen molar-refractivity contribution in [3.05, 3.63) is 12.7 Å². The Bertz CT molecular complexity index is 182. The zero-order chi connectivity index (χ0) is 10.5. The average molecular weight is 185 g/mol. The number of hydrogen-bond donors (Lipinski definition) is 1. The van der Waals surface area contributed by atoms with E-state index in [1.807, 2.05) is 0 Å². The quantitative estimate of drug-likeness (QED) is 0.497. The summed E-state index contributed by atoms with van der Waals surface area (Å²) in [4.78, 5) is 10.8. The molecule has 0 bridgehead atoms. The van der Waals surface area contributed by atoms with Gasteiger partial charge in [-0.3, -0.25) is 4.79 Å². The van der Waals surface area contributed by atoms with Crippen molar-refractivity contribution < 1.29 is 9.28 Å². The molecule has 1 unspecified atom stereocenters. The normalized spacial score (nSPS) is 13.5. The minimum absolute atomic E-state index is 0.0893. The third-order valence-electron chi connectivity index (χ3n) is 2.37. The average Bonchev–Trinajstić information content (AvgIpc) is 2.02. The Labute approximate surface area is 81.0 Å². The Morgan fingerprint density at radius 3 is 2.46 bits per heavy atom. The number of carbonyl (C=O) groups excluding carboxylic acids is 1. The lowest BCUT2D eigenvalue weighted by Crippen LogP contribution is -2.44. The number of nitrogens with zero attached hydrogens (tertiary/aromatic N) is 1. The third kappa shape index (κ3) is 5.42. The molecule has 1 N–H and O–H groups in total. The van der Waals surface area contributed by atoms with E-state index >= 15 is 0 Å². The monoisotopic (exact) mass is 185 g/mol. The molecular formula is C10H21N2O+. The summed E-state index contributed by atoms with van der Waals surface area (Å²) in [6.07, 6.45) is 2.29. The van der Waals surface area contributed by atoms with E-state index in [0.717, 1.165) is 17.4 Å². The third-order valence-corrected chi connectivity index (χ3v) is 2.37. The number of carbonyl (C=O) groups is 1. The minimum atomic E-state index is -0.0893. The van der Waals surface area contributed by atoms with Gasteiger partial charge in [-0.2, -0.15) is 0 Å². The molecule has 0 aliphatic carbocycles. The van der Waals surface area contributed by atoms with Gasteiger partial charge >= 0.3 is 0 Å². The molecule has 0 aromatic rings. The van der Waals surface area contributed by atoms with Crippen LogP contribution in [-0.4, -0.2) is 44.1 Å². The highest BCUT2D eigenvalue weighted by Gasteiger charge is 2.17. The fraction of sp³-hybridized carbons (Fsp3) is 0.700. The highest BCUT2D eigenvalue weighted by Crippen LogP contribution is 2.04. The first-order valence-corrected chi connectivity index (χ1v) is 4.59. The van der Waals surface area contributed by atoms with Crippen LogP contribution in [0.4, 0.5) is 0 Å². The Morgan fingerprint density at radius 2 is 2.08 bits per heavy atom. The molecule has 13 heavy (non-hydrogen) atoms. The predicted molar refractivity (Wildman–Crippen MR) is 55.3 cm³/mol. The highest BCUT2D eigenvalue weighted by atomic mass is 16.1. The maximum Gasteiger partial charge on any atom is 0.243 e. The highest BCUT2D eigenvalue weighted by molar-refractivity contribution is 5.86. The molecule has 0 saturated carbocycles. The van der Waals surface area contributed by atoms with Crippen LogP contribution in [0.25, 0.3) is 0 Å². The van der Waals surface area contributed by atoms with Gasteiger partial charge in [0, 0.05) is 13.0 Å².